The van der Waals surface area contributed by atoms with Gasteiger partial charge in [0.15, 0.2) is 5.65 Å². The second-order valence-electron chi connectivity index (χ2n) is 6.84. The van der Waals surface area contributed by atoms with Gasteiger partial charge in [0.1, 0.15) is 5.69 Å². The highest BCUT2D eigenvalue weighted by atomic mass is 35.5. The van der Waals surface area contributed by atoms with Crippen molar-refractivity contribution in [1.29, 1.82) is 0 Å². The maximum Gasteiger partial charge on any atom is 0.164 e. The summed E-state index contributed by atoms with van der Waals surface area (Å²) in [6, 6.07) is 16.5. The number of benzene rings is 2. The first kappa shape index (κ1) is 16.8. The summed E-state index contributed by atoms with van der Waals surface area (Å²) in [6.45, 7) is 8.21. The summed E-state index contributed by atoms with van der Waals surface area (Å²) < 4.78 is 1.90. The predicted octanol–water partition coefficient (Wildman–Crippen LogP) is 5.97. The number of aryl methyl sites for hydroxylation is 4. The molecule has 0 radical (unpaired) electrons. The third-order valence-electron chi connectivity index (χ3n) is 4.69. The summed E-state index contributed by atoms with van der Waals surface area (Å²) in [7, 11) is 0. The van der Waals surface area contributed by atoms with Crippen molar-refractivity contribution >= 4 is 22.6 Å². The quantitative estimate of drug-likeness (QED) is 0.440. The molecule has 4 rings (SSSR count). The third-order valence-corrected chi connectivity index (χ3v) is 5.10. The molecule has 4 aromatic rings. The first-order chi connectivity index (χ1) is 12.4. The molecule has 2 aromatic carbocycles. The first-order valence-corrected chi connectivity index (χ1v) is 9.02. The Kier molecular flexibility index (Phi) is 4.04. The number of hydrogen-bond donors (Lipinski definition) is 0. The van der Waals surface area contributed by atoms with Crippen LogP contribution in [0.1, 0.15) is 22.4 Å². The molecule has 2 heterocycles. The van der Waals surface area contributed by atoms with Gasteiger partial charge in [-0.15, -0.1) is 0 Å². The van der Waals surface area contributed by atoms with Gasteiger partial charge in [-0.2, -0.15) is 5.10 Å². The fourth-order valence-corrected chi connectivity index (χ4v) is 3.44. The third kappa shape index (κ3) is 2.78. The molecular formula is C22H20ClN3. The van der Waals surface area contributed by atoms with Gasteiger partial charge in [-0.3, -0.25) is 0 Å². The molecule has 0 fully saturated rings. The first-order valence-electron chi connectivity index (χ1n) is 8.64. The van der Waals surface area contributed by atoms with Crippen LogP contribution >= 0.6 is 11.6 Å². The van der Waals surface area contributed by atoms with Crippen molar-refractivity contribution in [2.45, 2.75) is 27.7 Å². The molecule has 130 valence electrons. The minimum absolute atomic E-state index is 0.729. The van der Waals surface area contributed by atoms with Gasteiger partial charge in [-0.1, -0.05) is 47.5 Å². The van der Waals surface area contributed by atoms with Crippen LogP contribution in [0.5, 0.6) is 0 Å². The monoisotopic (exact) mass is 361 g/mol. The van der Waals surface area contributed by atoms with Gasteiger partial charge >= 0.3 is 0 Å². The maximum absolute atomic E-state index is 6.36. The van der Waals surface area contributed by atoms with E-state index in [2.05, 4.69) is 44.2 Å². The molecule has 26 heavy (non-hydrogen) atoms. The van der Waals surface area contributed by atoms with Gasteiger partial charge in [0.25, 0.3) is 0 Å². The number of halogens is 1. The Labute approximate surface area is 158 Å². The van der Waals surface area contributed by atoms with Crippen LogP contribution < -0.4 is 0 Å². The number of rotatable bonds is 2. The maximum atomic E-state index is 6.36. The number of nitrogens with zero attached hydrogens (tertiary/aromatic N) is 3. The number of fused-ring (bicyclic) bond motifs is 1. The number of aromatic nitrogens is 3. The number of pyridine rings is 1. The van der Waals surface area contributed by atoms with E-state index in [9.17, 15) is 0 Å². The minimum atomic E-state index is 0.729. The van der Waals surface area contributed by atoms with Crippen molar-refractivity contribution in [3.8, 4) is 16.9 Å². The fraction of sp³-hybridized carbons (Fsp3) is 0.182. The lowest BCUT2D eigenvalue weighted by atomic mass is 10.0. The Balaban J connectivity index is 2.04. The van der Waals surface area contributed by atoms with E-state index in [1.54, 1.807) is 0 Å². The zero-order valence-corrected chi connectivity index (χ0v) is 16.1. The number of hydrogen-bond acceptors (Lipinski definition) is 2. The van der Waals surface area contributed by atoms with E-state index in [1.165, 1.54) is 11.1 Å². The van der Waals surface area contributed by atoms with E-state index in [4.69, 9.17) is 21.7 Å². The van der Waals surface area contributed by atoms with Crippen LogP contribution in [0.2, 0.25) is 5.02 Å². The van der Waals surface area contributed by atoms with Crippen LogP contribution in [0.15, 0.2) is 48.5 Å². The zero-order valence-electron chi connectivity index (χ0n) is 15.3. The zero-order chi connectivity index (χ0) is 18.4. The Morgan fingerprint density at radius 1 is 0.846 bits per heavy atom. The molecule has 0 aliphatic carbocycles. The SMILES string of the molecule is Cc1ccc(-c2nn(-c3ccc(C)c(Cl)c3)c3nc(C)cc(C)c23)cc1. The van der Waals surface area contributed by atoms with Gasteiger partial charge in [0.05, 0.1) is 11.1 Å². The Morgan fingerprint density at radius 2 is 1.58 bits per heavy atom. The van der Waals surface area contributed by atoms with Gasteiger partial charge in [-0.05, 0) is 57.0 Å². The van der Waals surface area contributed by atoms with Crippen LogP contribution in [0.25, 0.3) is 28.0 Å². The highest BCUT2D eigenvalue weighted by molar-refractivity contribution is 6.31. The summed E-state index contributed by atoms with van der Waals surface area (Å²) in [6.07, 6.45) is 0. The summed E-state index contributed by atoms with van der Waals surface area (Å²) in [5, 5.41) is 6.74. The van der Waals surface area contributed by atoms with E-state index < -0.39 is 0 Å². The molecule has 0 spiro atoms. The summed E-state index contributed by atoms with van der Waals surface area (Å²) in [5.41, 5.74) is 8.24. The minimum Gasteiger partial charge on any atom is -0.233 e. The van der Waals surface area contributed by atoms with E-state index in [0.29, 0.717) is 0 Å². The van der Waals surface area contributed by atoms with E-state index in [0.717, 1.165) is 44.3 Å². The summed E-state index contributed by atoms with van der Waals surface area (Å²) >= 11 is 6.36. The van der Waals surface area contributed by atoms with Crippen molar-refractivity contribution in [3.05, 3.63) is 75.9 Å². The van der Waals surface area contributed by atoms with Crippen molar-refractivity contribution in [2.24, 2.45) is 0 Å². The molecule has 0 bridgehead atoms. The van der Waals surface area contributed by atoms with Crippen LogP contribution in [0.3, 0.4) is 0 Å². The molecule has 0 aliphatic rings. The lowest BCUT2D eigenvalue weighted by Gasteiger charge is -2.06. The van der Waals surface area contributed by atoms with E-state index in [1.807, 2.05) is 36.7 Å². The second-order valence-corrected chi connectivity index (χ2v) is 7.25. The smallest absolute Gasteiger partial charge is 0.164 e. The van der Waals surface area contributed by atoms with E-state index >= 15 is 0 Å². The molecule has 4 heteroatoms. The normalized spacial score (nSPS) is 11.3. The predicted molar refractivity (Wildman–Crippen MR) is 108 cm³/mol. The Bertz CT molecular complexity index is 1120. The second kappa shape index (κ2) is 6.26. The average molecular weight is 362 g/mol. The lowest BCUT2D eigenvalue weighted by Crippen LogP contribution is -1.99. The standard InChI is InChI=1S/C22H20ClN3/c1-13-5-8-17(9-6-13)21-20-15(3)11-16(4)24-22(20)26(25-21)18-10-7-14(2)19(23)12-18/h5-12H,1-4H3. The van der Waals surface area contributed by atoms with Crippen molar-refractivity contribution < 1.29 is 0 Å². The molecule has 0 unspecified atom stereocenters. The van der Waals surface area contributed by atoms with Gasteiger partial charge in [0, 0.05) is 16.3 Å². The topological polar surface area (TPSA) is 30.7 Å². The molecule has 0 amide bonds. The molecule has 0 N–H and O–H groups in total. The fourth-order valence-electron chi connectivity index (χ4n) is 3.27. The Hall–Kier alpha value is -2.65. The largest absolute Gasteiger partial charge is 0.233 e. The summed E-state index contributed by atoms with van der Waals surface area (Å²) in [4.78, 5) is 4.79. The highest BCUT2D eigenvalue weighted by Gasteiger charge is 2.17. The van der Waals surface area contributed by atoms with E-state index in [-0.39, 0.29) is 0 Å². The molecular weight excluding hydrogens is 342 g/mol. The average Bonchev–Trinajstić information content (AvgIpc) is 2.98. The van der Waals surface area contributed by atoms with Crippen molar-refractivity contribution in [2.75, 3.05) is 0 Å². The van der Waals surface area contributed by atoms with Crippen molar-refractivity contribution in [1.82, 2.24) is 14.8 Å². The van der Waals surface area contributed by atoms with Crippen LogP contribution in [-0.4, -0.2) is 14.8 Å². The van der Waals surface area contributed by atoms with Gasteiger partial charge in [0.2, 0.25) is 0 Å². The van der Waals surface area contributed by atoms with Gasteiger partial charge in [-0.25, -0.2) is 9.67 Å². The van der Waals surface area contributed by atoms with Crippen LogP contribution in [0.4, 0.5) is 0 Å². The summed E-state index contributed by atoms with van der Waals surface area (Å²) in [5.74, 6) is 0. The lowest BCUT2D eigenvalue weighted by molar-refractivity contribution is 0.897. The molecule has 2 aromatic heterocycles. The van der Waals surface area contributed by atoms with Crippen LogP contribution in [-0.2, 0) is 0 Å². The molecule has 0 saturated heterocycles. The molecule has 3 nitrogen and oxygen atoms in total. The Morgan fingerprint density at radius 3 is 2.27 bits per heavy atom. The molecule has 0 saturated carbocycles. The molecule has 0 atom stereocenters. The highest BCUT2D eigenvalue weighted by Crippen LogP contribution is 2.32. The molecule has 0 aliphatic heterocycles. The van der Waals surface area contributed by atoms with Crippen LogP contribution in [0, 0.1) is 27.7 Å². The van der Waals surface area contributed by atoms with Gasteiger partial charge < -0.3 is 0 Å². The van der Waals surface area contributed by atoms with Crippen molar-refractivity contribution in [3.63, 3.8) is 0 Å².